The number of morpholine rings is 1. The molecular formula is C8H13N3O2S. The van der Waals surface area contributed by atoms with Gasteiger partial charge in [-0.25, -0.2) is 0 Å². The first-order valence-corrected chi connectivity index (χ1v) is 5.45. The van der Waals surface area contributed by atoms with Gasteiger partial charge in [0.05, 0.1) is 18.8 Å². The maximum atomic E-state index is 9.04. The van der Waals surface area contributed by atoms with Crippen LogP contribution in [0.25, 0.3) is 0 Å². The van der Waals surface area contributed by atoms with Gasteiger partial charge in [0.15, 0.2) is 0 Å². The van der Waals surface area contributed by atoms with Gasteiger partial charge >= 0.3 is 0 Å². The highest BCUT2D eigenvalue weighted by Crippen LogP contribution is 2.20. The number of anilines is 1. The summed E-state index contributed by atoms with van der Waals surface area (Å²) in [7, 11) is 0. The summed E-state index contributed by atoms with van der Waals surface area (Å²) in [5, 5.41) is 17.7. The summed E-state index contributed by atoms with van der Waals surface area (Å²) in [6, 6.07) is 0. The van der Waals surface area contributed by atoms with Crippen LogP contribution in [0.5, 0.6) is 0 Å². The molecule has 1 aromatic heterocycles. The third-order valence-electron chi connectivity index (χ3n) is 2.15. The second-order valence-electron chi connectivity index (χ2n) is 3.38. The highest BCUT2D eigenvalue weighted by molar-refractivity contribution is 7.13. The summed E-state index contributed by atoms with van der Waals surface area (Å²) in [4.78, 5) is 2.10. The van der Waals surface area contributed by atoms with Crippen molar-refractivity contribution in [1.29, 1.82) is 0 Å². The zero-order valence-corrected chi connectivity index (χ0v) is 8.78. The van der Waals surface area contributed by atoms with E-state index >= 15 is 0 Å². The van der Waals surface area contributed by atoms with Gasteiger partial charge in [0.1, 0.15) is 5.51 Å². The first kappa shape index (κ1) is 9.82. The molecule has 0 aliphatic carbocycles. The molecule has 6 heteroatoms. The first-order valence-electron chi connectivity index (χ1n) is 4.57. The summed E-state index contributed by atoms with van der Waals surface area (Å²) < 4.78 is 5.53. The standard InChI is InChI=1S/C8H13N3O2S/c1-6-2-11(3-7(4-12)13-6)8-10-9-5-14-8/h5-7,12H,2-4H2,1H3. The fraction of sp³-hybridized carbons (Fsp3) is 0.750. The molecule has 1 aromatic rings. The van der Waals surface area contributed by atoms with Crippen molar-refractivity contribution in [2.45, 2.75) is 19.1 Å². The predicted octanol–water partition coefficient (Wildman–Crippen LogP) is 0.124. The molecule has 1 aliphatic rings. The molecule has 0 saturated carbocycles. The van der Waals surface area contributed by atoms with Crippen molar-refractivity contribution in [1.82, 2.24) is 10.2 Å². The molecular weight excluding hydrogens is 202 g/mol. The molecule has 0 amide bonds. The maximum absolute atomic E-state index is 9.04. The lowest BCUT2D eigenvalue weighted by molar-refractivity contribution is -0.0421. The molecule has 0 bridgehead atoms. The Kier molecular flexibility index (Phi) is 2.95. The zero-order chi connectivity index (χ0) is 9.97. The van der Waals surface area contributed by atoms with E-state index in [0.717, 1.165) is 11.7 Å². The van der Waals surface area contributed by atoms with Gasteiger partial charge in [0, 0.05) is 13.1 Å². The van der Waals surface area contributed by atoms with Crippen molar-refractivity contribution in [3.05, 3.63) is 5.51 Å². The largest absolute Gasteiger partial charge is 0.394 e. The van der Waals surface area contributed by atoms with Crippen molar-refractivity contribution in [3.63, 3.8) is 0 Å². The van der Waals surface area contributed by atoms with E-state index < -0.39 is 0 Å². The lowest BCUT2D eigenvalue weighted by atomic mass is 10.2. The fourth-order valence-corrected chi connectivity index (χ4v) is 2.19. The van der Waals surface area contributed by atoms with E-state index in [1.807, 2.05) is 6.92 Å². The Labute approximate surface area is 86.3 Å². The number of aliphatic hydroxyl groups excluding tert-OH is 1. The van der Waals surface area contributed by atoms with E-state index in [-0.39, 0.29) is 18.8 Å². The molecule has 2 atom stereocenters. The molecule has 78 valence electrons. The molecule has 0 spiro atoms. The third kappa shape index (κ3) is 2.02. The summed E-state index contributed by atoms with van der Waals surface area (Å²) in [6.45, 7) is 3.55. The molecule has 0 radical (unpaired) electrons. The van der Waals surface area contributed by atoms with E-state index in [1.54, 1.807) is 5.51 Å². The van der Waals surface area contributed by atoms with E-state index in [0.29, 0.717) is 6.54 Å². The van der Waals surface area contributed by atoms with Gasteiger partial charge in [-0.3, -0.25) is 0 Å². The van der Waals surface area contributed by atoms with Gasteiger partial charge in [0.2, 0.25) is 5.13 Å². The Balaban J connectivity index is 2.05. The number of aromatic nitrogens is 2. The SMILES string of the molecule is CC1CN(c2nncs2)CC(CO)O1. The van der Waals surface area contributed by atoms with Crippen LogP contribution in [0.2, 0.25) is 0 Å². The number of nitrogens with zero attached hydrogens (tertiary/aromatic N) is 3. The molecule has 0 aromatic carbocycles. The van der Waals surface area contributed by atoms with Crippen LogP contribution in [-0.4, -0.2) is 47.2 Å². The maximum Gasteiger partial charge on any atom is 0.208 e. The number of hydrogen-bond acceptors (Lipinski definition) is 6. The van der Waals surface area contributed by atoms with Gasteiger partial charge in [-0.2, -0.15) is 0 Å². The molecule has 2 unspecified atom stereocenters. The van der Waals surface area contributed by atoms with Crippen LogP contribution in [0.1, 0.15) is 6.92 Å². The van der Waals surface area contributed by atoms with Crippen LogP contribution in [0.15, 0.2) is 5.51 Å². The Bertz CT molecular complexity index is 280. The first-order chi connectivity index (χ1) is 6.79. The number of aliphatic hydroxyl groups is 1. The Morgan fingerprint density at radius 2 is 2.57 bits per heavy atom. The molecule has 1 fully saturated rings. The monoisotopic (exact) mass is 215 g/mol. The second-order valence-corrected chi connectivity index (χ2v) is 4.19. The molecule has 2 rings (SSSR count). The smallest absolute Gasteiger partial charge is 0.208 e. The average Bonchev–Trinajstić information content (AvgIpc) is 2.69. The van der Waals surface area contributed by atoms with Crippen molar-refractivity contribution in [2.75, 3.05) is 24.6 Å². The number of hydrogen-bond donors (Lipinski definition) is 1. The van der Waals surface area contributed by atoms with Gasteiger partial charge in [-0.15, -0.1) is 10.2 Å². The summed E-state index contributed by atoms with van der Waals surface area (Å²) in [5.74, 6) is 0. The van der Waals surface area contributed by atoms with Crippen LogP contribution >= 0.6 is 11.3 Å². The Morgan fingerprint density at radius 1 is 1.71 bits per heavy atom. The van der Waals surface area contributed by atoms with Crippen LogP contribution < -0.4 is 4.90 Å². The lowest BCUT2D eigenvalue weighted by Gasteiger charge is -2.35. The minimum Gasteiger partial charge on any atom is -0.394 e. The van der Waals surface area contributed by atoms with Crippen molar-refractivity contribution in [2.24, 2.45) is 0 Å². The third-order valence-corrected chi connectivity index (χ3v) is 2.90. The topological polar surface area (TPSA) is 58.5 Å². The summed E-state index contributed by atoms with van der Waals surface area (Å²) >= 11 is 1.51. The highest BCUT2D eigenvalue weighted by atomic mass is 32.1. The average molecular weight is 215 g/mol. The van der Waals surface area contributed by atoms with E-state index in [1.165, 1.54) is 11.3 Å². The van der Waals surface area contributed by atoms with E-state index in [4.69, 9.17) is 9.84 Å². The lowest BCUT2D eigenvalue weighted by Crippen LogP contribution is -2.48. The Morgan fingerprint density at radius 3 is 3.21 bits per heavy atom. The molecule has 1 N–H and O–H groups in total. The van der Waals surface area contributed by atoms with E-state index in [2.05, 4.69) is 15.1 Å². The van der Waals surface area contributed by atoms with Crippen molar-refractivity contribution < 1.29 is 9.84 Å². The minimum absolute atomic E-state index is 0.0552. The van der Waals surface area contributed by atoms with Crippen LogP contribution in [0.4, 0.5) is 5.13 Å². The Hall–Kier alpha value is -0.720. The van der Waals surface area contributed by atoms with Crippen molar-refractivity contribution >= 4 is 16.5 Å². The highest BCUT2D eigenvalue weighted by Gasteiger charge is 2.26. The molecule has 2 heterocycles. The molecule has 5 nitrogen and oxygen atoms in total. The van der Waals surface area contributed by atoms with E-state index in [9.17, 15) is 0 Å². The van der Waals surface area contributed by atoms with Crippen LogP contribution in [0.3, 0.4) is 0 Å². The van der Waals surface area contributed by atoms with Gasteiger partial charge in [0.25, 0.3) is 0 Å². The van der Waals surface area contributed by atoms with Crippen LogP contribution in [0, 0.1) is 0 Å². The summed E-state index contributed by atoms with van der Waals surface area (Å²) in [5.41, 5.74) is 1.71. The normalized spacial score (nSPS) is 28.0. The van der Waals surface area contributed by atoms with Gasteiger partial charge < -0.3 is 14.7 Å². The quantitative estimate of drug-likeness (QED) is 0.759. The van der Waals surface area contributed by atoms with Crippen molar-refractivity contribution in [3.8, 4) is 0 Å². The van der Waals surface area contributed by atoms with Crippen LogP contribution in [-0.2, 0) is 4.74 Å². The molecule has 1 aliphatic heterocycles. The van der Waals surface area contributed by atoms with Gasteiger partial charge in [-0.1, -0.05) is 11.3 Å². The predicted molar refractivity (Wildman–Crippen MR) is 53.5 cm³/mol. The second kappa shape index (κ2) is 4.20. The molecule has 1 saturated heterocycles. The fourth-order valence-electron chi connectivity index (χ4n) is 1.61. The minimum atomic E-state index is -0.109. The van der Waals surface area contributed by atoms with Gasteiger partial charge in [-0.05, 0) is 6.92 Å². The molecule has 14 heavy (non-hydrogen) atoms. The summed E-state index contributed by atoms with van der Waals surface area (Å²) in [6.07, 6.45) is 0.0208. The number of ether oxygens (including phenoxy) is 1. The number of rotatable bonds is 2. The zero-order valence-electron chi connectivity index (χ0n) is 7.96.